The number of halogens is 3. The van der Waals surface area contributed by atoms with Crippen molar-refractivity contribution in [2.24, 2.45) is 0 Å². The summed E-state index contributed by atoms with van der Waals surface area (Å²) in [5, 5.41) is 4.85. The number of alkyl halides is 3. The lowest BCUT2D eigenvalue weighted by molar-refractivity contribution is -0.153. The monoisotopic (exact) mass is 475 g/mol. The molecule has 2 aromatic carbocycles. The van der Waals surface area contributed by atoms with Gasteiger partial charge in [0, 0.05) is 24.9 Å². The Labute approximate surface area is 192 Å². The van der Waals surface area contributed by atoms with Gasteiger partial charge in [0.15, 0.2) is 11.7 Å². The summed E-state index contributed by atoms with van der Waals surface area (Å²) < 4.78 is 41.5. The van der Waals surface area contributed by atoms with Crippen LogP contribution < -0.4 is 15.0 Å². The maximum absolute atomic E-state index is 12.3. The zero-order chi connectivity index (χ0) is 23.8. The Balaban J connectivity index is 1.57. The molecule has 0 radical (unpaired) electrons. The Morgan fingerprint density at radius 2 is 1.91 bits per heavy atom. The van der Waals surface area contributed by atoms with Crippen LogP contribution in [0.4, 0.5) is 24.0 Å². The van der Waals surface area contributed by atoms with Gasteiger partial charge in [0.25, 0.3) is 0 Å². The average Bonchev–Trinajstić information content (AvgIpc) is 3.23. The fourth-order valence-electron chi connectivity index (χ4n) is 2.78. The van der Waals surface area contributed by atoms with Gasteiger partial charge in [-0.2, -0.15) is 13.2 Å². The van der Waals surface area contributed by atoms with Gasteiger partial charge in [0.2, 0.25) is 11.8 Å². The lowest BCUT2D eigenvalue weighted by atomic mass is 10.2. The third-order valence-corrected chi connectivity index (χ3v) is 5.05. The van der Waals surface area contributed by atoms with E-state index in [1.54, 1.807) is 29.6 Å². The predicted octanol–water partition coefficient (Wildman–Crippen LogP) is 5.10. The molecule has 1 N–H and O–H groups in total. The minimum atomic E-state index is -4.42. The fourth-order valence-corrected chi connectivity index (χ4v) is 3.63. The highest BCUT2D eigenvalue weighted by atomic mass is 32.1. The van der Waals surface area contributed by atoms with Crippen molar-refractivity contribution < 1.29 is 27.5 Å². The van der Waals surface area contributed by atoms with E-state index in [-0.39, 0.29) is 18.2 Å². The molecule has 0 spiro atoms. The van der Waals surface area contributed by atoms with Gasteiger partial charge in [-0.15, -0.1) is 11.3 Å². The van der Waals surface area contributed by atoms with Crippen LogP contribution in [-0.4, -0.2) is 29.6 Å². The molecule has 0 aliphatic carbocycles. The zero-order valence-corrected chi connectivity index (χ0v) is 18.3. The van der Waals surface area contributed by atoms with Crippen LogP contribution in [-0.2, 0) is 16.1 Å². The van der Waals surface area contributed by atoms with E-state index in [1.165, 1.54) is 47.4 Å². The largest absolute Gasteiger partial charge is 0.484 e. The van der Waals surface area contributed by atoms with Gasteiger partial charge >= 0.3 is 6.18 Å². The molecule has 0 atom stereocenters. The smallest absolute Gasteiger partial charge is 0.422 e. The molecule has 2 amide bonds. The normalized spacial score (nSPS) is 11.4. The number of hydrogen-bond donors (Lipinski definition) is 1. The molecule has 0 bridgehead atoms. The molecule has 0 aliphatic heterocycles. The number of nitrogens with zero attached hydrogens (tertiary/aromatic N) is 2. The van der Waals surface area contributed by atoms with Crippen LogP contribution in [0.5, 0.6) is 5.75 Å². The lowest BCUT2D eigenvalue weighted by Gasteiger charge is -2.17. The molecule has 172 valence electrons. The number of benzene rings is 2. The van der Waals surface area contributed by atoms with Gasteiger partial charge in [-0.25, -0.2) is 4.98 Å². The quantitative estimate of drug-likeness (QED) is 0.460. The first-order valence-corrected chi connectivity index (χ1v) is 10.6. The maximum atomic E-state index is 12.3. The first-order chi connectivity index (χ1) is 15.7. The second-order valence-corrected chi connectivity index (χ2v) is 7.68. The molecule has 0 fully saturated rings. The first-order valence-electron chi connectivity index (χ1n) is 9.77. The molecule has 1 heterocycles. The summed E-state index contributed by atoms with van der Waals surface area (Å²) >= 11 is 1.27. The molecule has 1 aromatic heterocycles. The Bertz CT molecular complexity index is 1130. The molecular formula is C23H20F3N3O3S. The van der Waals surface area contributed by atoms with Gasteiger partial charge in [-0.3, -0.25) is 14.5 Å². The standard InChI is InChI=1S/C23H20F3N3O3S/c1-16(30)29(19-7-3-2-4-8-19)22-28-18(14-33-22)10-11-21(31)27-13-17-6-5-9-20(12-17)32-15-23(24,25)26/h2-12,14H,13,15H2,1H3,(H,27,31)/b11-10+. The fraction of sp³-hybridized carbons (Fsp3) is 0.174. The van der Waals surface area contributed by atoms with E-state index in [0.29, 0.717) is 22.1 Å². The summed E-state index contributed by atoms with van der Waals surface area (Å²) in [4.78, 5) is 30.1. The molecule has 0 aliphatic rings. The van der Waals surface area contributed by atoms with Gasteiger partial charge in [-0.05, 0) is 35.9 Å². The van der Waals surface area contributed by atoms with Gasteiger partial charge < -0.3 is 10.1 Å². The number of aromatic nitrogens is 1. The Morgan fingerprint density at radius 3 is 2.61 bits per heavy atom. The number of para-hydroxylation sites is 1. The molecule has 3 aromatic rings. The number of thiazole rings is 1. The van der Waals surface area contributed by atoms with Crippen LogP contribution in [0.15, 0.2) is 66.1 Å². The topological polar surface area (TPSA) is 71.5 Å². The third kappa shape index (κ3) is 7.46. The molecule has 3 rings (SSSR count). The summed E-state index contributed by atoms with van der Waals surface area (Å²) in [6, 6.07) is 15.2. The molecule has 0 saturated heterocycles. The molecule has 33 heavy (non-hydrogen) atoms. The van der Waals surface area contributed by atoms with Gasteiger partial charge in [-0.1, -0.05) is 30.3 Å². The predicted molar refractivity (Wildman–Crippen MR) is 120 cm³/mol. The lowest BCUT2D eigenvalue weighted by Crippen LogP contribution is -2.22. The number of rotatable bonds is 8. The highest BCUT2D eigenvalue weighted by molar-refractivity contribution is 7.14. The van der Waals surface area contributed by atoms with Crippen LogP contribution in [0, 0.1) is 0 Å². The number of carbonyl (C=O) groups excluding carboxylic acids is 2. The van der Waals surface area contributed by atoms with Crippen molar-refractivity contribution in [1.29, 1.82) is 0 Å². The summed E-state index contributed by atoms with van der Waals surface area (Å²) in [5.74, 6) is -0.527. The van der Waals surface area contributed by atoms with Crippen molar-refractivity contribution in [2.45, 2.75) is 19.6 Å². The molecule has 0 saturated carbocycles. The summed E-state index contributed by atoms with van der Waals surface area (Å²) in [7, 11) is 0. The van der Waals surface area contributed by atoms with Crippen LogP contribution in [0.2, 0.25) is 0 Å². The number of carbonyl (C=O) groups is 2. The number of amides is 2. The van der Waals surface area contributed by atoms with E-state index in [1.807, 2.05) is 18.2 Å². The maximum Gasteiger partial charge on any atom is 0.422 e. The van der Waals surface area contributed by atoms with E-state index in [4.69, 9.17) is 4.74 Å². The second-order valence-electron chi connectivity index (χ2n) is 6.85. The first kappa shape index (κ1) is 24.0. The van der Waals surface area contributed by atoms with Crippen LogP contribution in [0.3, 0.4) is 0 Å². The van der Waals surface area contributed by atoms with Crippen molar-refractivity contribution in [3.05, 3.63) is 77.3 Å². The molecule has 6 nitrogen and oxygen atoms in total. The summed E-state index contributed by atoms with van der Waals surface area (Å²) in [5.41, 5.74) is 1.79. The SMILES string of the molecule is CC(=O)N(c1ccccc1)c1nc(/C=C/C(=O)NCc2cccc(OCC(F)(F)F)c2)cs1. The van der Waals surface area contributed by atoms with Crippen molar-refractivity contribution in [3.8, 4) is 5.75 Å². The average molecular weight is 475 g/mol. The zero-order valence-electron chi connectivity index (χ0n) is 17.5. The Kier molecular flexibility index (Phi) is 7.83. The van der Waals surface area contributed by atoms with Crippen LogP contribution >= 0.6 is 11.3 Å². The minimum absolute atomic E-state index is 0.0676. The Morgan fingerprint density at radius 1 is 1.15 bits per heavy atom. The van der Waals surface area contributed by atoms with E-state index >= 15 is 0 Å². The summed E-state index contributed by atoms with van der Waals surface area (Å²) in [6.07, 6.45) is -1.61. The Hall–Kier alpha value is -3.66. The molecule has 10 heteroatoms. The van der Waals surface area contributed by atoms with E-state index in [9.17, 15) is 22.8 Å². The van der Waals surface area contributed by atoms with Crippen molar-refractivity contribution in [3.63, 3.8) is 0 Å². The number of ether oxygens (including phenoxy) is 1. The molecule has 0 unspecified atom stereocenters. The third-order valence-electron chi connectivity index (χ3n) is 4.20. The number of hydrogen-bond acceptors (Lipinski definition) is 5. The van der Waals surface area contributed by atoms with E-state index in [2.05, 4.69) is 10.3 Å². The van der Waals surface area contributed by atoms with Crippen molar-refractivity contribution in [1.82, 2.24) is 10.3 Å². The van der Waals surface area contributed by atoms with E-state index < -0.39 is 18.7 Å². The van der Waals surface area contributed by atoms with E-state index in [0.717, 1.165) is 0 Å². The molecular weight excluding hydrogens is 455 g/mol. The second kappa shape index (κ2) is 10.8. The number of nitrogens with one attached hydrogen (secondary N) is 1. The summed E-state index contributed by atoms with van der Waals surface area (Å²) in [6.45, 7) is 0.174. The number of anilines is 2. The van der Waals surface area contributed by atoms with Crippen molar-refractivity contribution >= 4 is 40.0 Å². The van der Waals surface area contributed by atoms with Crippen LogP contribution in [0.1, 0.15) is 18.2 Å². The van der Waals surface area contributed by atoms with Crippen LogP contribution in [0.25, 0.3) is 6.08 Å². The van der Waals surface area contributed by atoms with Gasteiger partial charge in [0.05, 0.1) is 11.4 Å². The minimum Gasteiger partial charge on any atom is -0.484 e. The van der Waals surface area contributed by atoms with Crippen molar-refractivity contribution in [2.75, 3.05) is 11.5 Å². The highest BCUT2D eigenvalue weighted by Gasteiger charge is 2.28. The van der Waals surface area contributed by atoms with Gasteiger partial charge in [0.1, 0.15) is 5.75 Å². The highest BCUT2D eigenvalue weighted by Crippen LogP contribution is 2.29.